The van der Waals surface area contributed by atoms with Crippen LogP contribution in [-0.2, 0) is 11.3 Å². The molecular weight excluding hydrogens is 254 g/mol. The molecule has 1 aromatic rings. The van der Waals surface area contributed by atoms with E-state index in [-0.39, 0.29) is 11.5 Å². The number of carbonyl (C=O) groups is 2. The third-order valence-corrected chi connectivity index (χ3v) is 3.61. The van der Waals surface area contributed by atoms with E-state index in [4.69, 9.17) is 5.11 Å². The number of nitrogens with one attached hydrogen (secondary N) is 1. The van der Waals surface area contributed by atoms with Gasteiger partial charge >= 0.3 is 5.97 Å². The zero-order valence-electron chi connectivity index (χ0n) is 12.3. The van der Waals surface area contributed by atoms with Crippen molar-refractivity contribution >= 4 is 11.9 Å². The normalized spacial score (nSPS) is 12.2. The summed E-state index contributed by atoms with van der Waals surface area (Å²) in [6.45, 7) is 6.80. The fourth-order valence-corrected chi connectivity index (χ4v) is 2.13. The molecule has 0 aliphatic heterocycles. The summed E-state index contributed by atoms with van der Waals surface area (Å²) in [5.41, 5.74) is 1.16. The minimum atomic E-state index is -0.941. The van der Waals surface area contributed by atoms with Crippen LogP contribution < -0.4 is 5.32 Å². The van der Waals surface area contributed by atoms with Gasteiger partial charge in [0.25, 0.3) is 0 Å². The molecule has 0 aliphatic rings. The standard InChI is InChI=1S/C16H23NO3/c1-4-13(11(2)3)9-15(18)17-10-12-5-7-14(8-6-12)16(19)20/h5-8,11,13H,4,9-10H2,1-3H3,(H,17,18)(H,19,20). The molecule has 2 N–H and O–H groups in total. The van der Waals surface area contributed by atoms with Crippen LogP contribution in [0, 0.1) is 11.8 Å². The molecule has 1 unspecified atom stereocenters. The second-order valence-electron chi connectivity index (χ2n) is 5.40. The molecule has 4 nitrogen and oxygen atoms in total. The van der Waals surface area contributed by atoms with Crippen LogP contribution in [0.3, 0.4) is 0 Å². The summed E-state index contributed by atoms with van der Waals surface area (Å²) in [5, 5.41) is 11.7. The summed E-state index contributed by atoms with van der Waals surface area (Å²) in [5.74, 6) is 0.0150. The van der Waals surface area contributed by atoms with Crippen LogP contribution in [0.4, 0.5) is 0 Å². The number of hydrogen-bond acceptors (Lipinski definition) is 2. The van der Waals surface area contributed by atoms with Gasteiger partial charge in [-0.25, -0.2) is 4.79 Å². The maximum atomic E-state index is 11.9. The number of rotatable bonds is 7. The molecule has 1 atom stereocenters. The van der Waals surface area contributed by atoms with Crippen LogP contribution in [-0.4, -0.2) is 17.0 Å². The molecular formula is C16H23NO3. The van der Waals surface area contributed by atoms with Gasteiger partial charge in [-0.3, -0.25) is 4.79 Å². The Bertz CT molecular complexity index is 451. The van der Waals surface area contributed by atoms with Crippen molar-refractivity contribution < 1.29 is 14.7 Å². The molecule has 0 aliphatic carbocycles. The molecule has 0 heterocycles. The van der Waals surface area contributed by atoms with Crippen molar-refractivity contribution in [1.82, 2.24) is 5.32 Å². The molecule has 0 spiro atoms. The Labute approximate surface area is 120 Å². The fraction of sp³-hybridized carbons (Fsp3) is 0.500. The summed E-state index contributed by atoms with van der Waals surface area (Å²) in [6, 6.07) is 6.55. The van der Waals surface area contributed by atoms with Gasteiger partial charge in [0.2, 0.25) is 5.91 Å². The molecule has 0 aromatic heterocycles. The van der Waals surface area contributed by atoms with E-state index < -0.39 is 5.97 Å². The van der Waals surface area contributed by atoms with Crippen molar-refractivity contribution in [3.8, 4) is 0 Å². The van der Waals surface area contributed by atoms with Crippen molar-refractivity contribution in [2.45, 2.75) is 40.2 Å². The average Bonchev–Trinajstić information content (AvgIpc) is 2.42. The summed E-state index contributed by atoms with van der Waals surface area (Å²) in [4.78, 5) is 22.6. The lowest BCUT2D eigenvalue weighted by Gasteiger charge is -2.18. The first-order valence-electron chi connectivity index (χ1n) is 7.03. The van der Waals surface area contributed by atoms with Gasteiger partial charge in [0.15, 0.2) is 0 Å². The summed E-state index contributed by atoms with van der Waals surface area (Å²) in [6.07, 6.45) is 1.54. The molecule has 20 heavy (non-hydrogen) atoms. The highest BCUT2D eigenvalue weighted by atomic mass is 16.4. The smallest absolute Gasteiger partial charge is 0.335 e. The van der Waals surface area contributed by atoms with Gasteiger partial charge in [-0.2, -0.15) is 0 Å². The van der Waals surface area contributed by atoms with Gasteiger partial charge in [-0.15, -0.1) is 0 Å². The first-order valence-corrected chi connectivity index (χ1v) is 7.03. The van der Waals surface area contributed by atoms with Crippen molar-refractivity contribution in [2.75, 3.05) is 0 Å². The Balaban J connectivity index is 2.46. The van der Waals surface area contributed by atoms with Crippen LogP contribution in [0.5, 0.6) is 0 Å². The van der Waals surface area contributed by atoms with E-state index in [0.29, 0.717) is 24.8 Å². The minimum absolute atomic E-state index is 0.0489. The predicted octanol–water partition coefficient (Wildman–Crippen LogP) is 3.07. The third kappa shape index (κ3) is 5.03. The van der Waals surface area contributed by atoms with Crippen LogP contribution >= 0.6 is 0 Å². The number of hydrogen-bond donors (Lipinski definition) is 2. The van der Waals surface area contributed by atoms with Gasteiger partial charge in [-0.1, -0.05) is 39.3 Å². The van der Waals surface area contributed by atoms with Gasteiger partial charge in [0.1, 0.15) is 0 Å². The molecule has 0 saturated carbocycles. The number of benzene rings is 1. The van der Waals surface area contributed by atoms with Crippen LogP contribution in [0.25, 0.3) is 0 Å². The second-order valence-corrected chi connectivity index (χ2v) is 5.40. The van der Waals surface area contributed by atoms with Crippen molar-refractivity contribution in [1.29, 1.82) is 0 Å². The fourth-order valence-electron chi connectivity index (χ4n) is 2.13. The van der Waals surface area contributed by atoms with Gasteiger partial charge in [0.05, 0.1) is 5.56 Å². The quantitative estimate of drug-likeness (QED) is 0.805. The lowest BCUT2D eigenvalue weighted by Crippen LogP contribution is -2.26. The Morgan fingerprint density at radius 2 is 1.80 bits per heavy atom. The highest BCUT2D eigenvalue weighted by Crippen LogP contribution is 2.18. The molecule has 0 radical (unpaired) electrons. The topological polar surface area (TPSA) is 66.4 Å². The lowest BCUT2D eigenvalue weighted by atomic mass is 9.90. The number of carboxylic acid groups (broad SMARTS) is 1. The van der Waals surface area contributed by atoms with Gasteiger partial charge in [0, 0.05) is 13.0 Å². The van der Waals surface area contributed by atoms with E-state index in [1.807, 2.05) is 0 Å². The zero-order chi connectivity index (χ0) is 15.1. The molecule has 110 valence electrons. The molecule has 0 bridgehead atoms. The number of amides is 1. The number of carbonyl (C=O) groups excluding carboxylic acids is 1. The van der Waals surface area contributed by atoms with Crippen LogP contribution in [0.1, 0.15) is 49.5 Å². The van der Waals surface area contributed by atoms with Gasteiger partial charge < -0.3 is 10.4 Å². The van der Waals surface area contributed by atoms with Crippen molar-refractivity contribution in [3.05, 3.63) is 35.4 Å². The van der Waals surface area contributed by atoms with E-state index in [0.717, 1.165) is 12.0 Å². The Morgan fingerprint density at radius 1 is 1.20 bits per heavy atom. The molecule has 0 fully saturated rings. The molecule has 0 saturated heterocycles. The molecule has 1 rings (SSSR count). The maximum absolute atomic E-state index is 11.9. The SMILES string of the molecule is CCC(CC(=O)NCc1ccc(C(=O)O)cc1)C(C)C. The predicted molar refractivity (Wildman–Crippen MR) is 78.5 cm³/mol. The molecule has 4 heteroatoms. The van der Waals surface area contributed by atoms with Gasteiger partial charge in [-0.05, 0) is 29.5 Å². The highest BCUT2D eigenvalue weighted by molar-refractivity contribution is 5.87. The molecule has 1 aromatic carbocycles. The van der Waals surface area contributed by atoms with Crippen molar-refractivity contribution in [2.24, 2.45) is 11.8 Å². The summed E-state index contributed by atoms with van der Waals surface area (Å²) >= 11 is 0. The first kappa shape index (κ1) is 16.2. The van der Waals surface area contributed by atoms with Crippen LogP contribution in [0.2, 0.25) is 0 Å². The van der Waals surface area contributed by atoms with E-state index in [1.54, 1.807) is 24.3 Å². The Morgan fingerprint density at radius 3 is 2.25 bits per heavy atom. The Kier molecular flexibility index (Phi) is 6.22. The minimum Gasteiger partial charge on any atom is -0.478 e. The maximum Gasteiger partial charge on any atom is 0.335 e. The van der Waals surface area contributed by atoms with E-state index in [2.05, 4.69) is 26.1 Å². The van der Waals surface area contributed by atoms with Crippen molar-refractivity contribution in [3.63, 3.8) is 0 Å². The average molecular weight is 277 g/mol. The van der Waals surface area contributed by atoms with E-state index in [1.165, 1.54) is 0 Å². The summed E-state index contributed by atoms with van der Waals surface area (Å²) < 4.78 is 0. The number of aromatic carboxylic acids is 1. The monoisotopic (exact) mass is 277 g/mol. The van der Waals surface area contributed by atoms with Crippen LogP contribution in [0.15, 0.2) is 24.3 Å². The largest absolute Gasteiger partial charge is 0.478 e. The van der Waals surface area contributed by atoms with E-state index in [9.17, 15) is 9.59 Å². The first-order chi connectivity index (χ1) is 9.43. The second kappa shape index (κ2) is 7.68. The summed E-state index contributed by atoms with van der Waals surface area (Å²) in [7, 11) is 0. The Hall–Kier alpha value is -1.84. The third-order valence-electron chi connectivity index (χ3n) is 3.61. The highest BCUT2D eigenvalue weighted by Gasteiger charge is 2.15. The zero-order valence-corrected chi connectivity index (χ0v) is 12.3. The number of carboxylic acids is 1. The lowest BCUT2D eigenvalue weighted by molar-refractivity contribution is -0.122. The van der Waals surface area contributed by atoms with E-state index >= 15 is 0 Å². The molecule has 1 amide bonds.